The zero-order chi connectivity index (χ0) is 16.4. The first kappa shape index (κ1) is 15.7. The number of benzene rings is 1. The van der Waals surface area contributed by atoms with Crippen LogP contribution in [0.1, 0.15) is 32.3 Å². The second-order valence-corrected chi connectivity index (χ2v) is 6.59. The summed E-state index contributed by atoms with van der Waals surface area (Å²) in [5.74, 6) is 0.647. The van der Waals surface area contributed by atoms with Crippen molar-refractivity contribution in [1.82, 2.24) is 4.90 Å². The molecule has 3 rings (SSSR count). The van der Waals surface area contributed by atoms with Crippen molar-refractivity contribution >= 4 is 11.6 Å². The van der Waals surface area contributed by atoms with Gasteiger partial charge in [0.1, 0.15) is 0 Å². The molecule has 0 bridgehead atoms. The van der Waals surface area contributed by atoms with Gasteiger partial charge in [0.2, 0.25) is 5.78 Å². The van der Waals surface area contributed by atoms with Gasteiger partial charge >= 0.3 is 0 Å². The van der Waals surface area contributed by atoms with Gasteiger partial charge in [-0.25, -0.2) is 0 Å². The van der Waals surface area contributed by atoms with Crippen LogP contribution >= 0.6 is 0 Å². The van der Waals surface area contributed by atoms with Gasteiger partial charge < -0.3 is 4.90 Å². The number of hydrogen-bond donors (Lipinski definition) is 0. The fourth-order valence-electron chi connectivity index (χ4n) is 3.41. The molecule has 1 aromatic carbocycles. The van der Waals surface area contributed by atoms with E-state index in [4.69, 9.17) is 0 Å². The maximum Gasteiger partial charge on any atom is 0.205 e. The van der Waals surface area contributed by atoms with Gasteiger partial charge in [0, 0.05) is 30.3 Å². The van der Waals surface area contributed by atoms with Gasteiger partial charge in [0.25, 0.3) is 0 Å². The number of rotatable bonds is 3. The highest BCUT2D eigenvalue weighted by atomic mass is 16.1. The second kappa shape index (κ2) is 6.53. The van der Waals surface area contributed by atoms with E-state index in [-0.39, 0.29) is 11.6 Å². The van der Waals surface area contributed by atoms with Crippen molar-refractivity contribution in [2.75, 3.05) is 13.1 Å². The summed E-state index contributed by atoms with van der Waals surface area (Å²) in [6.45, 7) is 5.20. The molecule has 1 saturated heterocycles. The highest BCUT2D eigenvalue weighted by Crippen LogP contribution is 2.27. The third-order valence-electron chi connectivity index (χ3n) is 5.10. The SMILES string of the molecule is CC1=C(C)C(=O)C(N2CCC(Cc3ccccc3)CC2)=CC1=O. The Kier molecular flexibility index (Phi) is 4.46. The summed E-state index contributed by atoms with van der Waals surface area (Å²) in [6.07, 6.45) is 4.76. The monoisotopic (exact) mass is 309 g/mol. The van der Waals surface area contributed by atoms with Gasteiger partial charge in [0.05, 0.1) is 5.70 Å². The summed E-state index contributed by atoms with van der Waals surface area (Å²) in [4.78, 5) is 26.5. The molecule has 2 aliphatic rings. The van der Waals surface area contributed by atoms with Crippen molar-refractivity contribution in [1.29, 1.82) is 0 Å². The number of carbonyl (C=O) groups excluding carboxylic acids is 2. The van der Waals surface area contributed by atoms with Crippen molar-refractivity contribution in [2.24, 2.45) is 5.92 Å². The lowest BCUT2D eigenvalue weighted by molar-refractivity contribution is -0.117. The number of nitrogens with zero attached hydrogens (tertiary/aromatic N) is 1. The number of hydrogen-bond acceptors (Lipinski definition) is 3. The number of ketones is 2. The third kappa shape index (κ3) is 3.29. The first-order valence-electron chi connectivity index (χ1n) is 8.33. The minimum Gasteiger partial charge on any atom is -0.368 e. The third-order valence-corrected chi connectivity index (χ3v) is 5.10. The molecule has 1 fully saturated rings. The minimum atomic E-state index is -0.0245. The summed E-state index contributed by atoms with van der Waals surface area (Å²) in [7, 11) is 0. The van der Waals surface area contributed by atoms with E-state index in [0.29, 0.717) is 22.8 Å². The first-order chi connectivity index (χ1) is 11.1. The molecule has 1 heterocycles. The summed E-state index contributed by atoms with van der Waals surface area (Å²) in [5.41, 5.74) is 3.15. The molecular formula is C20H23NO2. The van der Waals surface area contributed by atoms with Gasteiger partial charge in [-0.2, -0.15) is 0 Å². The Morgan fingerprint density at radius 2 is 1.65 bits per heavy atom. The van der Waals surface area contributed by atoms with Crippen LogP contribution in [0.4, 0.5) is 0 Å². The van der Waals surface area contributed by atoms with Crippen molar-refractivity contribution < 1.29 is 9.59 Å². The van der Waals surface area contributed by atoms with Crippen LogP contribution in [0.25, 0.3) is 0 Å². The van der Waals surface area contributed by atoms with Crippen LogP contribution in [0.5, 0.6) is 0 Å². The largest absolute Gasteiger partial charge is 0.368 e. The molecule has 1 aliphatic heterocycles. The number of carbonyl (C=O) groups is 2. The molecule has 0 unspecified atom stereocenters. The lowest BCUT2D eigenvalue weighted by Crippen LogP contribution is -2.38. The van der Waals surface area contributed by atoms with Crippen molar-refractivity contribution in [2.45, 2.75) is 33.1 Å². The summed E-state index contributed by atoms with van der Waals surface area (Å²) in [6, 6.07) is 10.6. The van der Waals surface area contributed by atoms with Crippen LogP contribution in [0.2, 0.25) is 0 Å². The van der Waals surface area contributed by atoms with E-state index in [9.17, 15) is 9.59 Å². The second-order valence-electron chi connectivity index (χ2n) is 6.59. The zero-order valence-electron chi connectivity index (χ0n) is 13.8. The fourth-order valence-corrected chi connectivity index (χ4v) is 3.41. The molecule has 1 aliphatic carbocycles. The molecule has 23 heavy (non-hydrogen) atoms. The van der Waals surface area contributed by atoms with Crippen LogP contribution in [0.15, 0.2) is 53.3 Å². The molecule has 0 atom stereocenters. The highest BCUT2D eigenvalue weighted by Gasteiger charge is 2.29. The zero-order valence-corrected chi connectivity index (χ0v) is 13.8. The van der Waals surface area contributed by atoms with Crippen LogP contribution in [0.3, 0.4) is 0 Å². The number of Topliss-reactive ketones (excluding diaryl/α,β-unsaturated/α-hetero) is 1. The van der Waals surface area contributed by atoms with E-state index in [2.05, 4.69) is 29.2 Å². The molecule has 0 spiro atoms. The molecule has 0 amide bonds. The highest BCUT2D eigenvalue weighted by molar-refractivity contribution is 6.21. The van der Waals surface area contributed by atoms with Crippen LogP contribution in [0, 0.1) is 5.92 Å². The summed E-state index contributed by atoms with van der Waals surface area (Å²) >= 11 is 0. The molecular weight excluding hydrogens is 286 g/mol. The van der Waals surface area contributed by atoms with Crippen LogP contribution in [-0.2, 0) is 16.0 Å². The van der Waals surface area contributed by atoms with Crippen molar-refractivity contribution in [3.05, 3.63) is 58.8 Å². The minimum absolute atomic E-state index is 0.0172. The molecule has 0 radical (unpaired) electrons. The lowest BCUT2D eigenvalue weighted by Gasteiger charge is -2.35. The van der Waals surface area contributed by atoms with E-state index in [1.165, 1.54) is 11.6 Å². The topological polar surface area (TPSA) is 37.4 Å². The van der Waals surface area contributed by atoms with E-state index in [1.807, 2.05) is 6.07 Å². The van der Waals surface area contributed by atoms with Gasteiger partial charge in [-0.3, -0.25) is 9.59 Å². The molecule has 0 N–H and O–H groups in total. The Bertz CT molecular complexity index is 677. The van der Waals surface area contributed by atoms with Gasteiger partial charge in [-0.15, -0.1) is 0 Å². The number of allylic oxidation sites excluding steroid dienone is 3. The molecule has 3 heteroatoms. The van der Waals surface area contributed by atoms with E-state index >= 15 is 0 Å². The summed E-state index contributed by atoms with van der Waals surface area (Å²) < 4.78 is 0. The molecule has 0 aromatic heterocycles. The van der Waals surface area contributed by atoms with Crippen LogP contribution < -0.4 is 0 Å². The maximum absolute atomic E-state index is 12.4. The Balaban J connectivity index is 1.62. The average Bonchev–Trinajstić information content (AvgIpc) is 2.58. The van der Waals surface area contributed by atoms with Gasteiger partial charge in [-0.1, -0.05) is 30.3 Å². The first-order valence-corrected chi connectivity index (χ1v) is 8.33. The Morgan fingerprint density at radius 1 is 1.00 bits per heavy atom. The van der Waals surface area contributed by atoms with Crippen LogP contribution in [-0.4, -0.2) is 29.6 Å². The van der Waals surface area contributed by atoms with Gasteiger partial charge in [0.15, 0.2) is 5.78 Å². The molecule has 3 nitrogen and oxygen atoms in total. The van der Waals surface area contributed by atoms with Gasteiger partial charge in [-0.05, 0) is 44.6 Å². The number of likely N-dealkylation sites (tertiary alicyclic amines) is 1. The van der Waals surface area contributed by atoms with Crippen molar-refractivity contribution in [3.8, 4) is 0 Å². The van der Waals surface area contributed by atoms with E-state index < -0.39 is 0 Å². The van der Waals surface area contributed by atoms with E-state index in [1.54, 1.807) is 13.8 Å². The molecule has 0 saturated carbocycles. The quantitative estimate of drug-likeness (QED) is 0.804. The summed E-state index contributed by atoms with van der Waals surface area (Å²) in [5, 5.41) is 0. The molecule has 1 aromatic rings. The predicted octanol–water partition coefficient (Wildman–Crippen LogP) is 3.31. The average molecular weight is 309 g/mol. The maximum atomic E-state index is 12.4. The fraction of sp³-hybridized carbons (Fsp3) is 0.400. The lowest BCUT2D eigenvalue weighted by atomic mass is 9.88. The molecule has 120 valence electrons. The normalized spacial score (nSPS) is 20.1. The predicted molar refractivity (Wildman–Crippen MR) is 90.9 cm³/mol. The van der Waals surface area contributed by atoms with Crippen molar-refractivity contribution in [3.63, 3.8) is 0 Å². The Labute approximate surface area is 137 Å². The Hall–Kier alpha value is -2.16. The smallest absolute Gasteiger partial charge is 0.205 e. The standard InChI is InChI=1S/C20H23NO2/c1-14-15(2)20(23)18(13-19(14)22)21-10-8-17(9-11-21)12-16-6-4-3-5-7-16/h3-7,13,17H,8-12H2,1-2H3. The Morgan fingerprint density at radius 3 is 2.30 bits per heavy atom. The van der Waals surface area contributed by atoms with E-state index in [0.717, 1.165) is 32.4 Å². The number of piperidine rings is 1.